The maximum atomic E-state index is 6.26. The van der Waals surface area contributed by atoms with Crippen molar-refractivity contribution in [3.63, 3.8) is 0 Å². The maximum Gasteiger partial charge on any atom is 0.0963 e. The number of thiazole rings is 1. The van der Waals surface area contributed by atoms with E-state index < -0.39 is 0 Å². The zero-order chi connectivity index (χ0) is 12.1. The molecule has 1 fully saturated rings. The minimum absolute atomic E-state index is 0.0929. The van der Waals surface area contributed by atoms with E-state index in [4.69, 9.17) is 10.7 Å². The largest absolute Gasteiger partial charge is 0.321 e. The second-order valence-corrected chi connectivity index (χ2v) is 7.51. The van der Waals surface area contributed by atoms with Crippen molar-refractivity contribution in [2.75, 3.05) is 0 Å². The Kier molecular flexibility index (Phi) is 2.67. The summed E-state index contributed by atoms with van der Waals surface area (Å²) in [5.41, 5.74) is 7.28. The quantitative estimate of drug-likeness (QED) is 0.856. The third-order valence-corrected chi connectivity index (χ3v) is 4.42. The van der Waals surface area contributed by atoms with Gasteiger partial charge in [-0.2, -0.15) is 0 Å². The molecule has 1 saturated carbocycles. The van der Waals surface area contributed by atoms with Gasteiger partial charge < -0.3 is 5.73 Å². The summed E-state index contributed by atoms with van der Waals surface area (Å²) in [6.45, 7) is 10.8. The van der Waals surface area contributed by atoms with Crippen molar-refractivity contribution < 1.29 is 0 Å². The Morgan fingerprint density at radius 1 is 1.19 bits per heavy atom. The van der Waals surface area contributed by atoms with Crippen molar-refractivity contribution in [1.82, 2.24) is 4.98 Å². The third kappa shape index (κ3) is 2.30. The van der Waals surface area contributed by atoms with Crippen LogP contribution in [-0.4, -0.2) is 4.98 Å². The van der Waals surface area contributed by atoms with Gasteiger partial charge in [-0.25, -0.2) is 4.98 Å². The summed E-state index contributed by atoms with van der Waals surface area (Å²) in [5, 5.41) is 1.30. The predicted molar refractivity (Wildman–Crippen MR) is 70.0 cm³/mol. The molecule has 2 nitrogen and oxygen atoms in total. The van der Waals surface area contributed by atoms with Crippen LogP contribution in [0.1, 0.15) is 69.0 Å². The fourth-order valence-corrected chi connectivity index (χ4v) is 3.25. The number of rotatable bonds is 2. The molecule has 0 bridgehead atoms. The van der Waals surface area contributed by atoms with Gasteiger partial charge in [0, 0.05) is 21.7 Å². The third-order valence-electron chi connectivity index (χ3n) is 2.87. The molecule has 0 unspecified atom stereocenters. The monoisotopic (exact) mass is 238 g/mol. The highest BCUT2D eigenvalue weighted by atomic mass is 32.1. The minimum atomic E-state index is -0.270. The number of nitrogens with zero attached hydrogens (tertiary/aromatic N) is 1. The smallest absolute Gasteiger partial charge is 0.0963 e. The first-order chi connectivity index (χ1) is 7.19. The number of aromatic nitrogens is 1. The first-order valence-electron chi connectivity index (χ1n) is 6.00. The first-order valence-corrected chi connectivity index (χ1v) is 6.82. The molecule has 3 heteroatoms. The molecule has 16 heavy (non-hydrogen) atoms. The van der Waals surface area contributed by atoms with E-state index in [1.165, 1.54) is 28.4 Å². The fraction of sp³-hybridized carbons (Fsp3) is 0.769. The highest BCUT2D eigenvalue weighted by Gasteiger charge is 2.34. The van der Waals surface area contributed by atoms with Crippen LogP contribution in [0.15, 0.2) is 0 Å². The van der Waals surface area contributed by atoms with Gasteiger partial charge in [0.1, 0.15) is 0 Å². The summed E-state index contributed by atoms with van der Waals surface area (Å²) in [6, 6.07) is 0. The molecule has 2 rings (SSSR count). The standard InChI is InChI=1S/C13H22N2S/c1-12(2,3)9-10(13(4,5)14)16-11(15-9)8-6-7-8/h8H,6-7,14H2,1-5H3. The zero-order valence-corrected chi connectivity index (χ0v) is 11.7. The van der Waals surface area contributed by atoms with Gasteiger partial charge in [-0.1, -0.05) is 20.8 Å². The normalized spacial score (nSPS) is 17.9. The molecule has 90 valence electrons. The molecule has 0 saturated heterocycles. The van der Waals surface area contributed by atoms with Crippen LogP contribution in [0.2, 0.25) is 0 Å². The van der Waals surface area contributed by atoms with Gasteiger partial charge in [0.2, 0.25) is 0 Å². The van der Waals surface area contributed by atoms with E-state index in [0.29, 0.717) is 0 Å². The van der Waals surface area contributed by atoms with E-state index >= 15 is 0 Å². The van der Waals surface area contributed by atoms with Gasteiger partial charge in [0.05, 0.1) is 10.7 Å². The maximum absolute atomic E-state index is 6.26. The Hall–Kier alpha value is -0.410. The van der Waals surface area contributed by atoms with E-state index in [2.05, 4.69) is 34.6 Å². The Bertz CT molecular complexity index is 358. The van der Waals surface area contributed by atoms with E-state index in [-0.39, 0.29) is 11.0 Å². The Balaban J connectivity index is 2.48. The van der Waals surface area contributed by atoms with Crippen molar-refractivity contribution in [1.29, 1.82) is 0 Å². The lowest BCUT2D eigenvalue weighted by Gasteiger charge is -2.24. The van der Waals surface area contributed by atoms with Crippen molar-refractivity contribution in [3.8, 4) is 0 Å². The van der Waals surface area contributed by atoms with Gasteiger partial charge in [-0.15, -0.1) is 11.3 Å². The van der Waals surface area contributed by atoms with Crippen LogP contribution in [-0.2, 0) is 11.0 Å². The summed E-state index contributed by atoms with van der Waals surface area (Å²) < 4.78 is 0. The van der Waals surface area contributed by atoms with Crippen LogP contribution < -0.4 is 5.73 Å². The highest BCUT2D eigenvalue weighted by molar-refractivity contribution is 7.12. The highest BCUT2D eigenvalue weighted by Crippen LogP contribution is 2.45. The van der Waals surface area contributed by atoms with Crippen molar-refractivity contribution in [2.24, 2.45) is 5.73 Å². The fourth-order valence-electron chi connectivity index (χ4n) is 1.79. The summed E-state index contributed by atoms with van der Waals surface area (Å²) in [4.78, 5) is 6.11. The number of hydrogen-bond donors (Lipinski definition) is 1. The molecule has 0 atom stereocenters. The van der Waals surface area contributed by atoms with E-state index in [1.54, 1.807) is 0 Å². The number of nitrogens with two attached hydrogens (primary N) is 1. The van der Waals surface area contributed by atoms with Crippen molar-refractivity contribution in [3.05, 3.63) is 15.6 Å². The second-order valence-electron chi connectivity index (χ2n) is 6.48. The molecule has 0 radical (unpaired) electrons. The summed E-state index contributed by atoms with van der Waals surface area (Å²) in [6.07, 6.45) is 2.61. The topological polar surface area (TPSA) is 38.9 Å². The van der Waals surface area contributed by atoms with E-state index in [9.17, 15) is 0 Å². The van der Waals surface area contributed by atoms with E-state index in [0.717, 1.165) is 5.92 Å². The van der Waals surface area contributed by atoms with Crippen LogP contribution >= 0.6 is 11.3 Å². The van der Waals surface area contributed by atoms with Gasteiger partial charge in [-0.05, 0) is 26.7 Å². The zero-order valence-electron chi connectivity index (χ0n) is 10.9. The average Bonchev–Trinajstić information content (AvgIpc) is 2.80. The average molecular weight is 238 g/mol. The van der Waals surface area contributed by atoms with Crippen LogP contribution in [0.4, 0.5) is 0 Å². The van der Waals surface area contributed by atoms with Crippen LogP contribution in [0.25, 0.3) is 0 Å². The van der Waals surface area contributed by atoms with E-state index in [1.807, 2.05) is 11.3 Å². The van der Waals surface area contributed by atoms with Gasteiger partial charge >= 0.3 is 0 Å². The summed E-state index contributed by atoms with van der Waals surface area (Å²) in [5.74, 6) is 0.724. The summed E-state index contributed by atoms with van der Waals surface area (Å²) in [7, 11) is 0. The first kappa shape index (κ1) is 12.1. The van der Waals surface area contributed by atoms with Crippen LogP contribution in [0.5, 0.6) is 0 Å². The summed E-state index contributed by atoms with van der Waals surface area (Å²) >= 11 is 1.83. The molecule has 1 aliphatic carbocycles. The number of hydrogen-bond acceptors (Lipinski definition) is 3. The predicted octanol–water partition coefficient (Wildman–Crippen LogP) is 3.51. The lowest BCUT2D eigenvalue weighted by atomic mass is 9.87. The molecule has 2 N–H and O–H groups in total. The molecule has 0 aliphatic heterocycles. The molecule has 1 aromatic heterocycles. The lowest BCUT2D eigenvalue weighted by Crippen LogP contribution is -2.31. The Morgan fingerprint density at radius 3 is 2.06 bits per heavy atom. The molecule has 0 spiro atoms. The van der Waals surface area contributed by atoms with Gasteiger partial charge in [-0.3, -0.25) is 0 Å². The van der Waals surface area contributed by atoms with Gasteiger partial charge in [0.25, 0.3) is 0 Å². The molecule has 1 heterocycles. The van der Waals surface area contributed by atoms with Crippen LogP contribution in [0, 0.1) is 0 Å². The Morgan fingerprint density at radius 2 is 1.75 bits per heavy atom. The molecule has 1 aliphatic rings. The lowest BCUT2D eigenvalue weighted by molar-refractivity contribution is 0.511. The van der Waals surface area contributed by atoms with Gasteiger partial charge in [0.15, 0.2) is 0 Å². The molecular weight excluding hydrogens is 216 g/mol. The molecular formula is C13H22N2S. The van der Waals surface area contributed by atoms with Crippen LogP contribution in [0.3, 0.4) is 0 Å². The minimum Gasteiger partial charge on any atom is -0.321 e. The molecule has 1 aromatic rings. The Labute approximate surface area is 102 Å². The second kappa shape index (κ2) is 3.54. The molecule has 0 amide bonds. The van der Waals surface area contributed by atoms with Crippen molar-refractivity contribution in [2.45, 2.75) is 64.3 Å². The molecule has 0 aromatic carbocycles. The SMILES string of the molecule is CC(C)(C)c1nc(C2CC2)sc1C(C)(C)N. The van der Waals surface area contributed by atoms with Crippen molar-refractivity contribution >= 4 is 11.3 Å².